The second kappa shape index (κ2) is 9.80. The van der Waals surface area contributed by atoms with Gasteiger partial charge in [0.05, 0.1) is 16.8 Å². The number of rotatable bonds is 7. The van der Waals surface area contributed by atoms with Crippen molar-refractivity contribution in [2.75, 3.05) is 37.8 Å². The molecule has 2 fully saturated rings. The standard InChI is InChI=1S/C19H29BrN4O3/c1-19(2,13-26-17-5-3-4-10-25-17)14-27-23-16-6-8-24(9-7-16)18-21-11-15(20)12-22-18/h11-12,17H,3-10,13-14H2,1-2H3. The van der Waals surface area contributed by atoms with Gasteiger partial charge in [-0.3, -0.25) is 0 Å². The Morgan fingerprint density at radius 1 is 1.22 bits per heavy atom. The smallest absolute Gasteiger partial charge is 0.225 e. The minimum atomic E-state index is -0.100. The highest BCUT2D eigenvalue weighted by molar-refractivity contribution is 9.10. The molecule has 0 bridgehead atoms. The van der Waals surface area contributed by atoms with Gasteiger partial charge in [-0.15, -0.1) is 0 Å². The minimum absolute atomic E-state index is 0.0607. The molecule has 1 aromatic heterocycles. The Morgan fingerprint density at radius 2 is 1.96 bits per heavy atom. The maximum atomic E-state index is 5.89. The summed E-state index contributed by atoms with van der Waals surface area (Å²) in [6.07, 6.45) is 8.52. The van der Waals surface area contributed by atoms with E-state index in [4.69, 9.17) is 14.3 Å². The van der Waals surface area contributed by atoms with Gasteiger partial charge in [0.1, 0.15) is 6.61 Å². The van der Waals surface area contributed by atoms with E-state index in [2.05, 4.69) is 49.8 Å². The van der Waals surface area contributed by atoms with Gasteiger partial charge in [-0.2, -0.15) is 0 Å². The molecule has 0 aliphatic carbocycles. The van der Waals surface area contributed by atoms with Crippen molar-refractivity contribution < 1.29 is 14.3 Å². The summed E-state index contributed by atoms with van der Waals surface area (Å²) in [6.45, 7) is 7.91. The normalized spacial score (nSPS) is 21.2. The molecular formula is C19H29BrN4O3. The molecule has 0 radical (unpaired) electrons. The Morgan fingerprint density at radius 3 is 2.63 bits per heavy atom. The second-order valence-electron chi connectivity index (χ2n) is 7.89. The van der Waals surface area contributed by atoms with E-state index < -0.39 is 0 Å². The van der Waals surface area contributed by atoms with E-state index in [0.717, 1.165) is 61.5 Å². The molecule has 3 heterocycles. The lowest BCUT2D eigenvalue weighted by molar-refractivity contribution is -0.180. The van der Waals surface area contributed by atoms with Crippen molar-refractivity contribution >= 4 is 27.6 Å². The van der Waals surface area contributed by atoms with E-state index in [9.17, 15) is 0 Å². The second-order valence-corrected chi connectivity index (χ2v) is 8.81. The van der Waals surface area contributed by atoms with Gasteiger partial charge in [0.2, 0.25) is 5.95 Å². The van der Waals surface area contributed by atoms with Crippen molar-refractivity contribution in [3.8, 4) is 0 Å². The van der Waals surface area contributed by atoms with Gasteiger partial charge in [0.25, 0.3) is 0 Å². The Kier molecular flexibility index (Phi) is 7.43. The first-order valence-corrected chi connectivity index (χ1v) is 10.4. The quantitative estimate of drug-likeness (QED) is 0.600. The van der Waals surface area contributed by atoms with Crippen molar-refractivity contribution in [1.29, 1.82) is 0 Å². The molecule has 7 nitrogen and oxygen atoms in total. The van der Waals surface area contributed by atoms with E-state index in [1.54, 1.807) is 12.4 Å². The molecule has 0 amide bonds. The molecule has 1 atom stereocenters. The molecule has 2 aliphatic rings. The molecule has 0 N–H and O–H groups in total. The van der Waals surface area contributed by atoms with E-state index >= 15 is 0 Å². The molecule has 1 unspecified atom stereocenters. The predicted molar refractivity (Wildman–Crippen MR) is 108 cm³/mol. The third-order valence-electron chi connectivity index (χ3n) is 4.68. The van der Waals surface area contributed by atoms with Gasteiger partial charge in [-0.25, -0.2) is 9.97 Å². The first kappa shape index (κ1) is 20.5. The number of oxime groups is 1. The lowest BCUT2D eigenvalue weighted by Crippen LogP contribution is -2.35. The highest BCUT2D eigenvalue weighted by atomic mass is 79.9. The van der Waals surface area contributed by atoms with Gasteiger partial charge in [-0.1, -0.05) is 19.0 Å². The van der Waals surface area contributed by atoms with E-state index in [0.29, 0.717) is 13.2 Å². The molecule has 0 saturated carbocycles. The summed E-state index contributed by atoms with van der Waals surface area (Å²) < 4.78 is 12.4. The molecule has 2 aliphatic heterocycles. The van der Waals surface area contributed by atoms with Crippen LogP contribution < -0.4 is 4.90 Å². The first-order chi connectivity index (χ1) is 13.0. The van der Waals surface area contributed by atoms with E-state index in [1.807, 2.05) is 0 Å². The average molecular weight is 441 g/mol. The maximum Gasteiger partial charge on any atom is 0.225 e. The van der Waals surface area contributed by atoms with Gasteiger partial charge < -0.3 is 19.2 Å². The van der Waals surface area contributed by atoms with Crippen LogP contribution in [0.25, 0.3) is 0 Å². The average Bonchev–Trinajstić information content (AvgIpc) is 2.68. The highest BCUT2D eigenvalue weighted by Gasteiger charge is 2.24. The largest absolute Gasteiger partial charge is 0.395 e. The summed E-state index contributed by atoms with van der Waals surface area (Å²) >= 11 is 3.36. The molecule has 0 aromatic carbocycles. The lowest BCUT2D eigenvalue weighted by Gasteiger charge is -2.29. The van der Waals surface area contributed by atoms with Crippen LogP contribution in [0, 0.1) is 5.41 Å². The number of piperidine rings is 1. The molecule has 2 saturated heterocycles. The Balaban J connectivity index is 1.37. The fourth-order valence-corrected chi connectivity index (χ4v) is 3.23. The third-order valence-corrected chi connectivity index (χ3v) is 5.09. The van der Waals surface area contributed by atoms with Crippen molar-refractivity contribution in [3.63, 3.8) is 0 Å². The molecule has 27 heavy (non-hydrogen) atoms. The Hall–Kier alpha value is -1.25. The Bertz CT molecular complexity index is 608. The molecule has 0 spiro atoms. The van der Waals surface area contributed by atoms with E-state index in [1.165, 1.54) is 6.42 Å². The van der Waals surface area contributed by atoms with Gasteiger partial charge in [0, 0.05) is 50.3 Å². The lowest BCUT2D eigenvalue weighted by atomic mass is 9.96. The summed E-state index contributed by atoms with van der Waals surface area (Å²) in [4.78, 5) is 16.5. The van der Waals surface area contributed by atoms with Gasteiger partial charge in [-0.05, 0) is 35.2 Å². The van der Waals surface area contributed by atoms with Crippen molar-refractivity contribution in [2.45, 2.75) is 52.2 Å². The monoisotopic (exact) mass is 440 g/mol. The number of hydrogen-bond donors (Lipinski definition) is 0. The molecule has 8 heteroatoms. The SMILES string of the molecule is CC(C)(CON=C1CCN(c2ncc(Br)cn2)CC1)COC1CCCCO1. The molecule has 3 rings (SSSR count). The van der Waals surface area contributed by atoms with Crippen molar-refractivity contribution in [2.24, 2.45) is 10.6 Å². The van der Waals surface area contributed by atoms with Crippen LogP contribution in [0.2, 0.25) is 0 Å². The summed E-state index contributed by atoms with van der Waals surface area (Å²) in [6, 6.07) is 0. The number of aromatic nitrogens is 2. The van der Waals surface area contributed by atoms with Crippen LogP contribution in [0.4, 0.5) is 5.95 Å². The zero-order valence-electron chi connectivity index (χ0n) is 16.2. The summed E-state index contributed by atoms with van der Waals surface area (Å²) in [5, 5.41) is 4.36. The number of halogens is 1. The van der Waals surface area contributed by atoms with Crippen LogP contribution in [0.15, 0.2) is 22.0 Å². The molecular weight excluding hydrogens is 412 g/mol. The van der Waals surface area contributed by atoms with Crippen LogP contribution in [0.3, 0.4) is 0 Å². The van der Waals surface area contributed by atoms with Crippen LogP contribution >= 0.6 is 15.9 Å². The summed E-state index contributed by atoms with van der Waals surface area (Å²) in [7, 11) is 0. The van der Waals surface area contributed by atoms with Gasteiger partial charge in [0.15, 0.2) is 6.29 Å². The fourth-order valence-electron chi connectivity index (χ4n) is 3.03. The van der Waals surface area contributed by atoms with Crippen LogP contribution in [0.1, 0.15) is 46.0 Å². The number of ether oxygens (including phenoxy) is 2. The maximum absolute atomic E-state index is 5.89. The molecule has 150 valence electrons. The zero-order valence-corrected chi connectivity index (χ0v) is 17.8. The minimum Gasteiger partial charge on any atom is -0.395 e. The first-order valence-electron chi connectivity index (χ1n) is 9.65. The van der Waals surface area contributed by atoms with Crippen LogP contribution in [0.5, 0.6) is 0 Å². The fraction of sp³-hybridized carbons (Fsp3) is 0.737. The topological polar surface area (TPSA) is 69.1 Å². The predicted octanol–water partition coefficient (Wildman–Crippen LogP) is 3.78. The number of anilines is 1. The van der Waals surface area contributed by atoms with Crippen molar-refractivity contribution in [3.05, 3.63) is 16.9 Å². The zero-order chi connectivity index (χ0) is 19.1. The highest BCUT2D eigenvalue weighted by Crippen LogP contribution is 2.21. The van der Waals surface area contributed by atoms with Gasteiger partial charge >= 0.3 is 0 Å². The number of nitrogens with zero attached hydrogens (tertiary/aromatic N) is 4. The molecule has 1 aromatic rings. The van der Waals surface area contributed by atoms with Crippen molar-refractivity contribution in [1.82, 2.24) is 9.97 Å². The Labute approximate surface area is 169 Å². The number of hydrogen-bond acceptors (Lipinski definition) is 7. The van der Waals surface area contributed by atoms with Crippen LogP contribution in [-0.2, 0) is 14.3 Å². The van der Waals surface area contributed by atoms with Crippen LogP contribution in [-0.4, -0.2) is 54.9 Å². The summed E-state index contributed by atoms with van der Waals surface area (Å²) in [5.41, 5.74) is 0.993. The summed E-state index contributed by atoms with van der Waals surface area (Å²) in [5.74, 6) is 0.765. The third kappa shape index (κ3) is 6.69. The van der Waals surface area contributed by atoms with E-state index in [-0.39, 0.29) is 11.7 Å².